The van der Waals surface area contributed by atoms with Gasteiger partial charge >= 0.3 is 12.1 Å². The maximum absolute atomic E-state index is 11.8. The average molecular weight is 322 g/mol. The molecule has 7 heteroatoms. The molecule has 0 aromatic rings. The van der Waals surface area contributed by atoms with Gasteiger partial charge in [0.15, 0.2) is 0 Å². The van der Waals surface area contributed by atoms with Crippen LogP contribution in [0.25, 0.3) is 0 Å². The number of ether oxygens (including phenoxy) is 1. The van der Waals surface area contributed by atoms with E-state index in [1.54, 1.807) is 20.8 Å². The zero-order valence-electron chi connectivity index (χ0n) is 13.2. The number of amides is 1. The Morgan fingerprint density at radius 1 is 1.25 bits per heavy atom. The first kappa shape index (κ1) is 19.3. The van der Waals surface area contributed by atoms with Crippen molar-refractivity contribution in [1.82, 2.24) is 5.32 Å². The minimum absolute atomic E-state index is 0.0338. The highest BCUT2D eigenvalue weighted by Gasteiger charge is 2.40. The van der Waals surface area contributed by atoms with E-state index in [4.69, 9.17) is 4.74 Å². The van der Waals surface area contributed by atoms with Crippen molar-refractivity contribution in [3.8, 4) is 0 Å². The van der Waals surface area contributed by atoms with Crippen molar-refractivity contribution in [3.05, 3.63) is 0 Å². The zero-order valence-corrected chi connectivity index (χ0v) is 15.1. The van der Waals surface area contributed by atoms with Gasteiger partial charge in [-0.05, 0) is 27.2 Å². The van der Waals surface area contributed by atoms with Crippen LogP contribution in [0.3, 0.4) is 0 Å². The van der Waals surface area contributed by atoms with Gasteiger partial charge in [0.05, 0.1) is 0 Å². The van der Waals surface area contributed by atoms with E-state index in [0.29, 0.717) is 6.42 Å². The third-order valence-electron chi connectivity index (χ3n) is 2.72. The number of hydrogen-bond acceptors (Lipinski definition) is 4. The molecule has 0 unspecified atom stereocenters. The summed E-state index contributed by atoms with van der Waals surface area (Å²) in [5, 5.41) is 12.0. The van der Waals surface area contributed by atoms with Gasteiger partial charge in [-0.1, -0.05) is 25.7 Å². The minimum atomic E-state index is -1.42. The normalized spacial score (nSPS) is 15.3. The Kier molecular flexibility index (Phi) is 6.61. The SMILES string of the molecule is CC(C)(C)OC(=O)N[C@](CS)(CC[Si](C)(C)C)C(=O)O. The van der Waals surface area contributed by atoms with Gasteiger partial charge in [0, 0.05) is 13.8 Å². The summed E-state index contributed by atoms with van der Waals surface area (Å²) in [5.74, 6) is -1.04. The molecule has 0 aliphatic heterocycles. The Morgan fingerprint density at radius 2 is 1.75 bits per heavy atom. The lowest BCUT2D eigenvalue weighted by atomic mass is 9.99. The first-order valence-corrected chi connectivity index (χ1v) is 11.0. The van der Waals surface area contributed by atoms with Crippen molar-refractivity contribution < 1.29 is 19.4 Å². The molecule has 0 aliphatic carbocycles. The second-order valence-electron chi connectivity index (χ2n) is 7.23. The lowest BCUT2D eigenvalue weighted by Crippen LogP contribution is -2.57. The lowest BCUT2D eigenvalue weighted by Gasteiger charge is -2.32. The summed E-state index contributed by atoms with van der Waals surface area (Å²) in [4.78, 5) is 23.4. The molecule has 0 saturated carbocycles. The standard InChI is InChI=1S/C13H27NO4SSi/c1-12(2,3)18-11(17)14-13(9-19,10(15)16)7-8-20(4,5)6/h19H,7-9H2,1-6H3,(H,14,17)(H,15,16)/t13-/m0/s1. The second-order valence-corrected chi connectivity index (χ2v) is 13.2. The minimum Gasteiger partial charge on any atom is -0.479 e. The van der Waals surface area contributed by atoms with Gasteiger partial charge in [0.1, 0.15) is 11.1 Å². The van der Waals surface area contributed by atoms with Crippen LogP contribution in [0.5, 0.6) is 0 Å². The molecular formula is C13H27NO4SSi. The third-order valence-corrected chi connectivity index (χ3v) is 5.01. The number of carboxylic acid groups (broad SMARTS) is 1. The maximum Gasteiger partial charge on any atom is 0.408 e. The Labute approximate surface area is 127 Å². The largest absolute Gasteiger partial charge is 0.479 e. The molecule has 0 rings (SSSR count). The van der Waals surface area contributed by atoms with Gasteiger partial charge < -0.3 is 15.2 Å². The molecule has 0 heterocycles. The van der Waals surface area contributed by atoms with Crippen LogP contribution in [0, 0.1) is 0 Å². The summed E-state index contributed by atoms with van der Waals surface area (Å²) in [6.45, 7) is 11.7. The van der Waals surface area contributed by atoms with Crippen molar-refractivity contribution in [3.63, 3.8) is 0 Å². The van der Waals surface area contributed by atoms with Gasteiger partial charge in [-0.3, -0.25) is 0 Å². The number of carbonyl (C=O) groups is 2. The van der Waals surface area contributed by atoms with Crippen LogP contribution in [-0.4, -0.2) is 42.1 Å². The van der Waals surface area contributed by atoms with Crippen molar-refractivity contribution in [2.45, 2.75) is 64.0 Å². The number of carbonyl (C=O) groups excluding carboxylic acids is 1. The van der Waals surface area contributed by atoms with E-state index >= 15 is 0 Å². The zero-order chi connectivity index (χ0) is 16.2. The molecule has 2 N–H and O–H groups in total. The number of rotatable bonds is 6. The number of nitrogens with one attached hydrogen (secondary N) is 1. The fraction of sp³-hybridized carbons (Fsp3) is 0.846. The number of carboxylic acids is 1. The fourth-order valence-electron chi connectivity index (χ4n) is 1.50. The van der Waals surface area contributed by atoms with Crippen LogP contribution in [-0.2, 0) is 9.53 Å². The van der Waals surface area contributed by atoms with Crippen molar-refractivity contribution in [2.75, 3.05) is 5.75 Å². The summed E-state index contributed by atoms with van der Waals surface area (Å²) in [5.41, 5.74) is -2.03. The van der Waals surface area contributed by atoms with Crippen LogP contribution in [0.4, 0.5) is 4.79 Å². The fourth-order valence-corrected chi connectivity index (χ4v) is 3.05. The Balaban J connectivity index is 4.96. The monoisotopic (exact) mass is 321 g/mol. The molecule has 0 aromatic heterocycles. The summed E-state index contributed by atoms with van der Waals surface area (Å²) in [6, 6.07) is 0.787. The number of hydrogen-bond donors (Lipinski definition) is 3. The van der Waals surface area contributed by atoms with Gasteiger partial charge in [0.25, 0.3) is 0 Å². The molecule has 0 spiro atoms. The first-order chi connectivity index (χ1) is 8.81. The van der Waals surface area contributed by atoms with Crippen molar-refractivity contribution in [1.29, 1.82) is 0 Å². The van der Waals surface area contributed by atoms with E-state index in [2.05, 4.69) is 37.6 Å². The Hall–Kier alpha value is -0.693. The lowest BCUT2D eigenvalue weighted by molar-refractivity contribution is -0.144. The van der Waals surface area contributed by atoms with E-state index in [1.165, 1.54) is 0 Å². The molecule has 0 radical (unpaired) electrons. The molecule has 0 bridgehead atoms. The van der Waals surface area contributed by atoms with E-state index in [0.717, 1.165) is 6.04 Å². The Bertz CT molecular complexity index is 362. The molecular weight excluding hydrogens is 294 g/mol. The van der Waals surface area contributed by atoms with Gasteiger partial charge in [-0.25, -0.2) is 9.59 Å². The van der Waals surface area contributed by atoms with Gasteiger partial charge in [-0.2, -0.15) is 12.6 Å². The predicted molar refractivity (Wildman–Crippen MR) is 86.4 cm³/mol. The van der Waals surface area contributed by atoms with Crippen LogP contribution >= 0.6 is 12.6 Å². The summed E-state index contributed by atoms with van der Waals surface area (Å²) < 4.78 is 5.14. The molecule has 1 amide bonds. The molecule has 1 atom stereocenters. The molecule has 0 saturated heterocycles. The highest BCUT2D eigenvalue weighted by molar-refractivity contribution is 7.80. The van der Waals surface area contributed by atoms with Gasteiger partial charge in [-0.15, -0.1) is 0 Å². The molecule has 0 aromatic carbocycles. The average Bonchev–Trinajstić information content (AvgIpc) is 2.19. The maximum atomic E-state index is 11.8. The van der Waals surface area contributed by atoms with Crippen molar-refractivity contribution >= 4 is 32.8 Å². The second kappa shape index (κ2) is 6.84. The number of aliphatic carboxylic acids is 1. The van der Waals surface area contributed by atoms with Crippen LogP contribution in [0.2, 0.25) is 25.7 Å². The van der Waals surface area contributed by atoms with Crippen LogP contribution < -0.4 is 5.32 Å². The molecule has 20 heavy (non-hydrogen) atoms. The van der Waals surface area contributed by atoms with Crippen LogP contribution in [0.1, 0.15) is 27.2 Å². The molecule has 118 valence electrons. The van der Waals surface area contributed by atoms with E-state index in [-0.39, 0.29) is 5.75 Å². The van der Waals surface area contributed by atoms with Crippen LogP contribution in [0.15, 0.2) is 0 Å². The predicted octanol–water partition coefficient (Wildman–Crippen LogP) is 2.99. The van der Waals surface area contributed by atoms with E-state index < -0.39 is 31.3 Å². The third kappa shape index (κ3) is 7.19. The van der Waals surface area contributed by atoms with Gasteiger partial charge in [0.2, 0.25) is 0 Å². The summed E-state index contributed by atoms with van der Waals surface area (Å²) in [7, 11) is -1.42. The first-order valence-electron chi connectivity index (χ1n) is 6.67. The van der Waals surface area contributed by atoms with E-state index in [1.807, 2.05) is 0 Å². The number of thiol groups is 1. The van der Waals surface area contributed by atoms with E-state index in [9.17, 15) is 14.7 Å². The summed E-state index contributed by atoms with van der Waals surface area (Å²) >= 11 is 4.12. The topological polar surface area (TPSA) is 75.6 Å². The molecule has 0 aliphatic rings. The smallest absolute Gasteiger partial charge is 0.408 e. The number of alkyl carbamates (subject to hydrolysis) is 1. The molecule has 5 nitrogen and oxygen atoms in total. The summed E-state index contributed by atoms with van der Waals surface area (Å²) in [6.07, 6.45) is -0.356. The highest BCUT2D eigenvalue weighted by atomic mass is 32.1. The molecule has 0 fully saturated rings. The highest BCUT2D eigenvalue weighted by Crippen LogP contribution is 2.22. The van der Waals surface area contributed by atoms with Crippen molar-refractivity contribution in [2.24, 2.45) is 0 Å². The Morgan fingerprint density at radius 3 is 2.05 bits per heavy atom. The quantitative estimate of drug-likeness (QED) is 0.519.